The molecule has 0 bridgehead atoms. The first-order valence-electron chi connectivity index (χ1n) is 6.09. The van der Waals surface area contributed by atoms with Crippen LogP contribution in [0.4, 0.5) is 0 Å². The second-order valence-electron chi connectivity index (χ2n) is 4.01. The Morgan fingerprint density at radius 1 is 1.06 bits per heavy atom. The van der Waals surface area contributed by atoms with Crippen LogP contribution in [-0.4, -0.2) is 9.97 Å². The molecule has 1 radical (unpaired) electrons. The molecule has 0 atom stereocenters. The van der Waals surface area contributed by atoms with E-state index in [-0.39, 0.29) is 0 Å². The summed E-state index contributed by atoms with van der Waals surface area (Å²) in [6, 6.07) is 2.07. The first kappa shape index (κ1) is 11.1. The lowest BCUT2D eigenvalue weighted by molar-refractivity contribution is 0.985. The number of hydrogen-bond acceptors (Lipinski definition) is 0. The van der Waals surface area contributed by atoms with Crippen molar-refractivity contribution >= 4 is 0 Å². The highest BCUT2D eigenvalue weighted by Crippen LogP contribution is 2.29. The van der Waals surface area contributed by atoms with Gasteiger partial charge in [-0.05, 0) is 36.5 Å². The minimum atomic E-state index is 1.07. The number of aryl methyl sites for hydroxylation is 1. The number of aromatic amines is 2. The maximum absolute atomic E-state index is 3.55. The van der Waals surface area contributed by atoms with Crippen LogP contribution in [0.1, 0.15) is 37.6 Å². The predicted molar refractivity (Wildman–Crippen MR) is 67.5 cm³/mol. The average molecular weight is 215 g/mol. The smallest absolute Gasteiger partial charge is 0.0721 e. The third-order valence-corrected chi connectivity index (χ3v) is 3.18. The Kier molecular flexibility index (Phi) is 3.18. The molecule has 0 aromatic carbocycles. The molecule has 0 unspecified atom stereocenters. The van der Waals surface area contributed by atoms with E-state index in [4.69, 9.17) is 0 Å². The van der Waals surface area contributed by atoms with Crippen LogP contribution in [0.2, 0.25) is 0 Å². The molecule has 2 aromatic heterocycles. The molecule has 0 spiro atoms. The minimum absolute atomic E-state index is 1.07. The maximum atomic E-state index is 3.55. The van der Waals surface area contributed by atoms with Crippen molar-refractivity contribution in [3.63, 3.8) is 0 Å². The number of aromatic nitrogens is 2. The highest BCUT2D eigenvalue weighted by molar-refractivity contribution is 5.65. The van der Waals surface area contributed by atoms with Gasteiger partial charge in [0.15, 0.2) is 0 Å². The molecule has 0 aliphatic carbocycles. The van der Waals surface area contributed by atoms with E-state index in [2.05, 4.69) is 43.0 Å². The molecule has 2 heterocycles. The molecule has 0 saturated heterocycles. The Labute approximate surface area is 97.1 Å². The zero-order chi connectivity index (χ0) is 11.5. The van der Waals surface area contributed by atoms with Crippen molar-refractivity contribution in [1.29, 1.82) is 0 Å². The summed E-state index contributed by atoms with van der Waals surface area (Å²) in [5.74, 6) is 0. The van der Waals surface area contributed by atoms with Gasteiger partial charge in [-0.2, -0.15) is 0 Å². The van der Waals surface area contributed by atoms with Gasteiger partial charge in [0.1, 0.15) is 0 Å². The van der Waals surface area contributed by atoms with Crippen LogP contribution in [-0.2, 0) is 19.3 Å². The molecule has 2 aromatic rings. The lowest BCUT2D eigenvalue weighted by Crippen LogP contribution is -1.90. The predicted octanol–water partition coefficient (Wildman–Crippen LogP) is 3.50. The fraction of sp³-hybridized carbons (Fsp3) is 0.429. The second-order valence-corrected chi connectivity index (χ2v) is 4.01. The van der Waals surface area contributed by atoms with Crippen LogP contribution >= 0.6 is 0 Å². The molecule has 0 amide bonds. The third-order valence-electron chi connectivity index (χ3n) is 3.18. The number of hydrogen-bond donors (Lipinski definition) is 2. The Bertz CT molecular complexity index is 449. The number of rotatable bonds is 4. The third kappa shape index (κ3) is 1.69. The topological polar surface area (TPSA) is 31.6 Å². The van der Waals surface area contributed by atoms with Gasteiger partial charge in [0.05, 0.1) is 11.9 Å². The summed E-state index contributed by atoms with van der Waals surface area (Å²) in [5, 5.41) is 0. The van der Waals surface area contributed by atoms with Crippen molar-refractivity contribution < 1.29 is 0 Å². The van der Waals surface area contributed by atoms with Gasteiger partial charge in [-0.25, -0.2) is 0 Å². The lowest BCUT2D eigenvalue weighted by Gasteiger charge is -2.02. The molecule has 16 heavy (non-hydrogen) atoms. The molecule has 0 aliphatic heterocycles. The summed E-state index contributed by atoms with van der Waals surface area (Å²) >= 11 is 0. The van der Waals surface area contributed by atoms with Gasteiger partial charge in [-0.3, -0.25) is 0 Å². The largest absolute Gasteiger partial charge is 0.359 e. The van der Waals surface area contributed by atoms with Gasteiger partial charge in [0.2, 0.25) is 0 Å². The fourth-order valence-electron chi connectivity index (χ4n) is 2.42. The standard InChI is InChI=1S/C14H19N2/c1-4-11-12(5-2)14(16-13(11)6-3)10-7-8-15-9-10/h7-8,15-16H,4-6H2,1-3H3. The molecule has 2 heteroatoms. The van der Waals surface area contributed by atoms with Crippen molar-refractivity contribution in [3.8, 4) is 11.3 Å². The van der Waals surface area contributed by atoms with E-state index in [9.17, 15) is 0 Å². The van der Waals surface area contributed by atoms with E-state index in [0.717, 1.165) is 24.8 Å². The quantitative estimate of drug-likeness (QED) is 0.782. The van der Waals surface area contributed by atoms with Crippen molar-refractivity contribution in [2.24, 2.45) is 0 Å². The normalized spacial score (nSPS) is 10.9. The van der Waals surface area contributed by atoms with Gasteiger partial charge < -0.3 is 9.97 Å². The molecule has 85 valence electrons. The van der Waals surface area contributed by atoms with Crippen molar-refractivity contribution in [2.45, 2.75) is 40.0 Å². The summed E-state index contributed by atoms with van der Waals surface area (Å²) < 4.78 is 0. The molecule has 2 N–H and O–H groups in total. The zero-order valence-electron chi connectivity index (χ0n) is 10.3. The van der Waals surface area contributed by atoms with Crippen LogP contribution in [0.15, 0.2) is 12.3 Å². The Morgan fingerprint density at radius 2 is 1.81 bits per heavy atom. The summed E-state index contributed by atoms with van der Waals surface area (Å²) in [7, 11) is 0. The van der Waals surface area contributed by atoms with Gasteiger partial charge >= 0.3 is 0 Å². The van der Waals surface area contributed by atoms with E-state index < -0.39 is 0 Å². The molecule has 0 fully saturated rings. The highest BCUT2D eigenvalue weighted by atomic mass is 14.8. The Hall–Kier alpha value is -1.44. The van der Waals surface area contributed by atoms with E-state index in [1.54, 1.807) is 0 Å². The average Bonchev–Trinajstić information content (AvgIpc) is 2.94. The summed E-state index contributed by atoms with van der Waals surface area (Å²) in [6.07, 6.45) is 8.34. The number of H-pyrrole nitrogens is 2. The first-order valence-corrected chi connectivity index (χ1v) is 6.09. The molecule has 0 saturated carbocycles. The van der Waals surface area contributed by atoms with Crippen LogP contribution in [0.25, 0.3) is 11.3 Å². The molecular formula is C14H19N2. The van der Waals surface area contributed by atoms with Crippen molar-refractivity contribution in [3.05, 3.63) is 35.3 Å². The van der Waals surface area contributed by atoms with Crippen LogP contribution < -0.4 is 0 Å². The highest BCUT2D eigenvalue weighted by Gasteiger charge is 2.15. The first-order chi connectivity index (χ1) is 7.81. The van der Waals surface area contributed by atoms with Gasteiger partial charge in [-0.1, -0.05) is 20.8 Å². The second kappa shape index (κ2) is 4.60. The zero-order valence-corrected chi connectivity index (χ0v) is 10.3. The van der Waals surface area contributed by atoms with Gasteiger partial charge in [0, 0.05) is 17.5 Å². The monoisotopic (exact) mass is 215 g/mol. The van der Waals surface area contributed by atoms with E-state index in [1.807, 2.05) is 6.20 Å². The van der Waals surface area contributed by atoms with E-state index >= 15 is 0 Å². The Balaban J connectivity index is 2.57. The van der Waals surface area contributed by atoms with E-state index in [0.29, 0.717) is 0 Å². The SMILES string of the molecule is CCc1[nH]c(-c2[c][nH]cc2)c(CC)c1CC. The molecular weight excluding hydrogens is 196 g/mol. The lowest BCUT2D eigenvalue weighted by atomic mass is 10.0. The maximum Gasteiger partial charge on any atom is 0.0721 e. The van der Waals surface area contributed by atoms with Gasteiger partial charge in [0.25, 0.3) is 0 Å². The van der Waals surface area contributed by atoms with Crippen LogP contribution in [0.5, 0.6) is 0 Å². The van der Waals surface area contributed by atoms with Crippen molar-refractivity contribution in [2.75, 3.05) is 0 Å². The van der Waals surface area contributed by atoms with Gasteiger partial charge in [-0.15, -0.1) is 0 Å². The van der Waals surface area contributed by atoms with Crippen LogP contribution in [0, 0.1) is 6.20 Å². The summed E-state index contributed by atoms with van der Waals surface area (Å²) in [6.45, 7) is 6.65. The fourth-order valence-corrected chi connectivity index (χ4v) is 2.42. The van der Waals surface area contributed by atoms with Crippen LogP contribution in [0.3, 0.4) is 0 Å². The summed E-state index contributed by atoms with van der Waals surface area (Å²) in [4.78, 5) is 6.55. The Morgan fingerprint density at radius 3 is 2.31 bits per heavy atom. The molecule has 2 rings (SSSR count). The summed E-state index contributed by atoms with van der Waals surface area (Å²) in [5.41, 5.74) is 6.72. The molecule has 2 nitrogen and oxygen atoms in total. The van der Waals surface area contributed by atoms with E-state index in [1.165, 1.54) is 22.5 Å². The number of nitrogens with one attached hydrogen (secondary N) is 2. The molecule has 0 aliphatic rings. The minimum Gasteiger partial charge on any atom is -0.359 e. The van der Waals surface area contributed by atoms with Crippen molar-refractivity contribution in [1.82, 2.24) is 9.97 Å².